The molecule has 1 aromatic heterocycles. The van der Waals surface area contributed by atoms with Crippen LogP contribution >= 0.6 is 15.9 Å². The predicted molar refractivity (Wildman–Crippen MR) is 66.8 cm³/mol. The fraction of sp³-hybridized carbons (Fsp3) is 0.250. The van der Waals surface area contributed by atoms with Crippen LogP contribution in [0.15, 0.2) is 28.7 Å². The second-order valence-corrected chi connectivity index (χ2v) is 5.04. The normalized spacial score (nSPS) is 14.9. The summed E-state index contributed by atoms with van der Waals surface area (Å²) in [5, 5.41) is 8.00. The van der Waals surface area contributed by atoms with Gasteiger partial charge in [-0.2, -0.15) is 0 Å². The van der Waals surface area contributed by atoms with Gasteiger partial charge < -0.3 is 0 Å². The lowest BCUT2D eigenvalue weighted by Crippen LogP contribution is -1.99. The average molecular weight is 292 g/mol. The maximum Gasteiger partial charge on any atom is 0.172 e. The van der Waals surface area contributed by atoms with Crippen molar-refractivity contribution >= 4 is 22.2 Å². The molecule has 0 radical (unpaired) electrons. The highest BCUT2D eigenvalue weighted by molar-refractivity contribution is 9.10. The Kier molecular flexibility index (Phi) is 2.55. The van der Waals surface area contributed by atoms with Crippen molar-refractivity contribution < 1.29 is 4.79 Å². The smallest absolute Gasteiger partial charge is 0.172 e. The Bertz CT molecular complexity index is 558. The summed E-state index contributed by atoms with van der Waals surface area (Å²) in [6, 6.07) is 8.25. The molecule has 0 atom stereocenters. The molecule has 0 spiro atoms. The minimum Gasteiger partial charge on any atom is -0.296 e. The van der Waals surface area contributed by atoms with Crippen LogP contribution in [0.1, 0.15) is 29.4 Å². The molecule has 4 nitrogen and oxygen atoms in total. The molecule has 1 saturated carbocycles. The van der Waals surface area contributed by atoms with Crippen molar-refractivity contribution in [1.82, 2.24) is 15.0 Å². The van der Waals surface area contributed by atoms with Gasteiger partial charge in [0.05, 0.1) is 11.7 Å². The summed E-state index contributed by atoms with van der Waals surface area (Å²) in [6.07, 6.45) is 3.00. The Morgan fingerprint density at radius 1 is 1.29 bits per heavy atom. The third-order valence-electron chi connectivity index (χ3n) is 2.84. The van der Waals surface area contributed by atoms with Crippen LogP contribution in [0.3, 0.4) is 0 Å². The van der Waals surface area contributed by atoms with Crippen molar-refractivity contribution in [3.63, 3.8) is 0 Å². The van der Waals surface area contributed by atoms with Crippen LogP contribution in [0.4, 0.5) is 0 Å². The van der Waals surface area contributed by atoms with Crippen molar-refractivity contribution in [2.24, 2.45) is 0 Å². The highest BCUT2D eigenvalue weighted by atomic mass is 79.9. The van der Waals surface area contributed by atoms with Crippen molar-refractivity contribution in [1.29, 1.82) is 0 Å². The molecule has 5 heteroatoms. The average Bonchev–Trinajstić information content (AvgIpc) is 3.10. The Hall–Kier alpha value is -1.49. The van der Waals surface area contributed by atoms with Crippen LogP contribution in [0.25, 0.3) is 11.3 Å². The van der Waals surface area contributed by atoms with E-state index in [9.17, 15) is 4.79 Å². The van der Waals surface area contributed by atoms with Gasteiger partial charge in [0.25, 0.3) is 0 Å². The van der Waals surface area contributed by atoms with Gasteiger partial charge in [0.2, 0.25) is 0 Å². The van der Waals surface area contributed by atoms with Crippen LogP contribution < -0.4 is 0 Å². The molecule has 1 fully saturated rings. The van der Waals surface area contributed by atoms with Gasteiger partial charge in [-0.1, -0.05) is 33.3 Å². The van der Waals surface area contributed by atoms with Gasteiger partial charge >= 0.3 is 0 Å². The Morgan fingerprint density at radius 3 is 2.59 bits per heavy atom. The van der Waals surface area contributed by atoms with Gasteiger partial charge in [-0.15, -0.1) is 5.10 Å². The second-order valence-electron chi connectivity index (χ2n) is 4.12. The predicted octanol–water partition coefficient (Wildman–Crippen LogP) is 2.86. The fourth-order valence-electron chi connectivity index (χ4n) is 1.85. The lowest BCUT2D eigenvalue weighted by Gasteiger charge is -2.05. The SMILES string of the molecule is O=Cc1nnn(C2CC2)c1-c1ccc(Br)cc1. The lowest BCUT2D eigenvalue weighted by atomic mass is 10.1. The number of rotatable bonds is 3. The summed E-state index contributed by atoms with van der Waals surface area (Å²) in [4.78, 5) is 11.0. The van der Waals surface area contributed by atoms with E-state index in [4.69, 9.17) is 0 Å². The van der Waals surface area contributed by atoms with Crippen molar-refractivity contribution in [3.8, 4) is 11.3 Å². The van der Waals surface area contributed by atoms with Crippen LogP contribution in [-0.4, -0.2) is 21.3 Å². The number of halogens is 1. The largest absolute Gasteiger partial charge is 0.296 e. The third kappa shape index (κ3) is 1.91. The second kappa shape index (κ2) is 4.07. The Morgan fingerprint density at radius 2 is 2.00 bits per heavy atom. The summed E-state index contributed by atoms with van der Waals surface area (Å²) >= 11 is 3.40. The van der Waals surface area contributed by atoms with E-state index in [0.717, 1.165) is 34.9 Å². The minimum absolute atomic E-state index is 0.412. The van der Waals surface area contributed by atoms with Gasteiger partial charge in [0, 0.05) is 10.0 Å². The lowest BCUT2D eigenvalue weighted by molar-refractivity contribution is 0.111. The first kappa shape index (κ1) is 10.7. The number of carbonyl (C=O) groups is 1. The molecule has 0 N–H and O–H groups in total. The molecule has 17 heavy (non-hydrogen) atoms. The fourth-order valence-corrected chi connectivity index (χ4v) is 2.11. The number of benzene rings is 1. The number of hydrogen-bond acceptors (Lipinski definition) is 3. The number of nitrogens with zero attached hydrogens (tertiary/aromatic N) is 3. The topological polar surface area (TPSA) is 47.8 Å². The number of hydrogen-bond donors (Lipinski definition) is 0. The first-order valence-corrected chi connectivity index (χ1v) is 6.25. The Balaban J connectivity index is 2.13. The zero-order valence-electron chi connectivity index (χ0n) is 9.01. The molecule has 1 heterocycles. The highest BCUT2D eigenvalue weighted by Gasteiger charge is 2.29. The molecule has 0 aliphatic heterocycles. The first-order chi connectivity index (χ1) is 8.29. The maximum absolute atomic E-state index is 11.0. The number of aldehydes is 1. The van der Waals surface area contributed by atoms with Crippen LogP contribution in [0.5, 0.6) is 0 Å². The van der Waals surface area contributed by atoms with E-state index in [2.05, 4.69) is 26.2 Å². The minimum atomic E-state index is 0.412. The summed E-state index contributed by atoms with van der Waals surface area (Å²) in [5.41, 5.74) is 2.22. The molecule has 0 bridgehead atoms. The molecule has 86 valence electrons. The zero-order valence-corrected chi connectivity index (χ0v) is 10.6. The molecule has 0 amide bonds. The van der Waals surface area contributed by atoms with E-state index in [1.165, 1.54) is 0 Å². The summed E-state index contributed by atoms with van der Waals surface area (Å²) in [5.74, 6) is 0. The Labute approximate surface area is 107 Å². The molecule has 0 unspecified atom stereocenters. The quantitative estimate of drug-likeness (QED) is 0.817. The molecule has 2 aromatic rings. The summed E-state index contributed by atoms with van der Waals surface area (Å²) < 4.78 is 2.88. The monoisotopic (exact) mass is 291 g/mol. The number of aromatic nitrogens is 3. The van der Waals surface area contributed by atoms with Crippen LogP contribution in [0, 0.1) is 0 Å². The zero-order chi connectivity index (χ0) is 11.8. The highest BCUT2D eigenvalue weighted by Crippen LogP contribution is 2.38. The van der Waals surface area contributed by atoms with Gasteiger partial charge in [-0.05, 0) is 25.0 Å². The molecular weight excluding hydrogens is 282 g/mol. The molecule has 3 rings (SSSR count). The summed E-state index contributed by atoms with van der Waals surface area (Å²) in [6.45, 7) is 0. The van der Waals surface area contributed by atoms with E-state index in [1.54, 1.807) is 0 Å². The van der Waals surface area contributed by atoms with Gasteiger partial charge in [-0.25, -0.2) is 4.68 Å². The van der Waals surface area contributed by atoms with E-state index < -0.39 is 0 Å². The molecule has 1 aliphatic carbocycles. The van der Waals surface area contributed by atoms with Crippen LogP contribution in [-0.2, 0) is 0 Å². The van der Waals surface area contributed by atoms with Gasteiger partial charge in [0.15, 0.2) is 12.0 Å². The van der Waals surface area contributed by atoms with E-state index in [1.807, 2.05) is 28.9 Å². The molecule has 0 saturated heterocycles. The summed E-state index contributed by atoms with van der Waals surface area (Å²) in [7, 11) is 0. The van der Waals surface area contributed by atoms with Crippen molar-refractivity contribution in [2.45, 2.75) is 18.9 Å². The molecule has 1 aromatic carbocycles. The van der Waals surface area contributed by atoms with E-state index >= 15 is 0 Å². The van der Waals surface area contributed by atoms with Gasteiger partial charge in [0.1, 0.15) is 0 Å². The number of carbonyl (C=O) groups excluding carboxylic acids is 1. The van der Waals surface area contributed by atoms with Gasteiger partial charge in [-0.3, -0.25) is 4.79 Å². The van der Waals surface area contributed by atoms with Crippen molar-refractivity contribution in [2.75, 3.05) is 0 Å². The maximum atomic E-state index is 11.0. The third-order valence-corrected chi connectivity index (χ3v) is 3.37. The molecular formula is C12H10BrN3O. The molecule has 1 aliphatic rings. The first-order valence-electron chi connectivity index (χ1n) is 5.46. The standard InChI is InChI=1S/C12H10BrN3O/c13-9-3-1-8(2-4-9)12-11(7-17)14-15-16(12)10-5-6-10/h1-4,7,10H,5-6H2. The van der Waals surface area contributed by atoms with E-state index in [-0.39, 0.29) is 0 Å². The van der Waals surface area contributed by atoms with Crippen molar-refractivity contribution in [3.05, 3.63) is 34.4 Å². The van der Waals surface area contributed by atoms with Crippen LogP contribution in [0.2, 0.25) is 0 Å². The van der Waals surface area contributed by atoms with E-state index in [0.29, 0.717) is 11.7 Å².